The van der Waals surface area contributed by atoms with Crippen molar-refractivity contribution >= 4 is 7.92 Å². The minimum Gasteiger partial charge on any atom is -0.640 e. The molecule has 44 heavy (non-hydrogen) atoms. The number of hydrogen-bond donors (Lipinski definition) is 1. The molecule has 2 nitrogen and oxygen atoms in total. The summed E-state index contributed by atoms with van der Waals surface area (Å²) in [6.45, 7) is 8.09. The number of rotatable bonds is 11. The van der Waals surface area contributed by atoms with Crippen LogP contribution < -0.4 is 35.3 Å². The van der Waals surface area contributed by atoms with Gasteiger partial charge in [0.05, 0.1) is 0 Å². The summed E-state index contributed by atoms with van der Waals surface area (Å²) in [6.07, 6.45) is 20.2. The molecule has 0 aliphatic heterocycles. The van der Waals surface area contributed by atoms with E-state index in [0.29, 0.717) is 5.92 Å². The van der Waals surface area contributed by atoms with Crippen LogP contribution in [-0.4, -0.2) is 17.6 Å². The molecule has 2 saturated carbocycles. The molecule has 0 aromatic heterocycles. The fourth-order valence-corrected chi connectivity index (χ4v) is 10.1. The van der Waals surface area contributed by atoms with Crippen molar-refractivity contribution in [3.05, 3.63) is 120 Å². The second-order valence-electron chi connectivity index (χ2n) is 12.3. The molecule has 0 saturated heterocycles. The summed E-state index contributed by atoms with van der Waals surface area (Å²) in [6, 6.07) is 31.8. The predicted molar refractivity (Wildman–Crippen MR) is 192 cm³/mol. The molecule has 2 aliphatic carbocycles. The van der Waals surface area contributed by atoms with E-state index in [4.69, 9.17) is 11.1 Å². The zero-order valence-corrected chi connectivity index (χ0v) is 31.1. The monoisotopic (exact) mass is 621 g/mol. The Morgan fingerprint density at radius 1 is 0.682 bits per heavy atom. The van der Waals surface area contributed by atoms with E-state index < -0.39 is 0 Å². The minimum atomic E-state index is -0.131. The first kappa shape index (κ1) is 39.2. The standard InChI is InChI=1S/C20H32N2P.C15H16.C5H11.Na/c21-20(17-10-4-1-5-11-17)22-16-23(18-12-6-2-7-13-18)19-14-8-3-9-15-19;1-2-15(13-9-5-3-6-10-13)14-11-7-4-8-12-14;1-3-5-4-2;/h1,4-5,10-11,18-20H,2-3,6-9,12-16,21H2;3-12,15H,2H2,1H3;1,3-5H2,2H3;/q-1;;-1;+1/t20-;;;/m1.../s1. The van der Waals surface area contributed by atoms with Crippen molar-refractivity contribution in [2.45, 2.75) is 127 Å². The van der Waals surface area contributed by atoms with Gasteiger partial charge in [0.15, 0.2) is 0 Å². The van der Waals surface area contributed by atoms with E-state index in [-0.39, 0.29) is 43.6 Å². The van der Waals surface area contributed by atoms with Gasteiger partial charge in [-0.05, 0) is 54.5 Å². The molecule has 1 atom stereocenters. The summed E-state index contributed by atoms with van der Waals surface area (Å²) in [7, 11) is 0.0335. The molecular weight excluding hydrogens is 562 g/mol. The minimum absolute atomic E-state index is 0. The van der Waals surface area contributed by atoms with Gasteiger partial charge in [-0.15, -0.1) is 14.2 Å². The van der Waals surface area contributed by atoms with Gasteiger partial charge < -0.3 is 18.0 Å². The number of unbranched alkanes of at least 4 members (excludes halogenated alkanes) is 2. The van der Waals surface area contributed by atoms with Crippen molar-refractivity contribution in [1.82, 2.24) is 0 Å². The van der Waals surface area contributed by atoms with Gasteiger partial charge in [-0.1, -0.05) is 168 Å². The third kappa shape index (κ3) is 14.2. The van der Waals surface area contributed by atoms with Crippen molar-refractivity contribution in [3.63, 3.8) is 0 Å². The molecule has 2 aliphatic rings. The Kier molecular flexibility index (Phi) is 21.6. The molecule has 0 bridgehead atoms. The van der Waals surface area contributed by atoms with Crippen LogP contribution in [-0.2, 0) is 0 Å². The van der Waals surface area contributed by atoms with E-state index >= 15 is 0 Å². The maximum Gasteiger partial charge on any atom is 1.00 e. The van der Waals surface area contributed by atoms with Crippen LogP contribution in [0.4, 0.5) is 0 Å². The van der Waals surface area contributed by atoms with E-state index in [0.717, 1.165) is 36.0 Å². The SMILES string of the molecule is CCC(c1ccccc1)c1ccccc1.N[C@H]([N-]CP(C1CCCCC1)C1CCCCC1)c1ccccc1.[CH2-]CCCC.[Na+]. The Bertz CT molecular complexity index is 993. The molecule has 236 valence electrons. The molecule has 0 spiro atoms. The average Bonchev–Trinajstić information content (AvgIpc) is 3.08. The number of nitrogens with zero attached hydrogens (tertiary/aromatic N) is 1. The van der Waals surface area contributed by atoms with Gasteiger partial charge in [-0.2, -0.15) is 6.42 Å². The Morgan fingerprint density at radius 3 is 1.43 bits per heavy atom. The average molecular weight is 622 g/mol. The van der Waals surface area contributed by atoms with Crippen molar-refractivity contribution in [2.75, 3.05) is 6.29 Å². The first-order valence-corrected chi connectivity index (χ1v) is 19.0. The Labute approximate surface area is 294 Å². The van der Waals surface area contributed by atoms with Gasteiger partial charge in [-0.3, -0.25) is 0 Å². The summed E-state index contributed by atoms with van der Waals surface area (Å²) in [5, 5.41) is 4.95. The fraction of sp³-hybridized carbons (Fsp3) is 0.525. The third-order valence-electron chi connectivity index (χ3n) is 9.09. The van der Waals surface area contributed by atoms with E-state index in [2.05, 4.69) is 106 Å². The Hall–Kier alpha value is -0.990. The van der Waals surface area contributed by atoms with Gasteiger partial charge in [0.25, 0.3) is 0 Å². The van der Waals surface area contributed by atoms with E-state index in [1.165, 1.54) is 88.2 Å². The normalized spacial score (nSPS) is 16.2. The van der Waals surface area contributed by atoms with Crippen LogP contribution in [0.5, 0.6) is 0 Å². The summed E-state index contributed by atoms with van der Waals surface area (Å²) >= 11 is 0. The van der Waals surface area contributed by atoms with Crippen LogP contribution >= 0.6 is 7.92 Å². The van der Waals surface area contributed by atoms with Gasteiger partial charge >= 0.3 is 29.6 Å². The van der Waals surface area contributed by atoms with E-state index in [1.54, 1.807) is 0 Å². The molecule has 0 radical (unpaired) electrons. The topological polar surface area (TPSA) is 40.1 Å². The van der Waals surface area contributed by atoms with Crippen molar-refractivity contribution in [2.24, 2.45) is 5.73 Å². The van der Waals surface area contributed by atoms with Crippen LogP contribution in [0.25, 0.3) is 5.32 Å². The number of hydrogen-bond acceptors (Lipinski definition) is 1. The molecule has 2 fully saturated rings. The van der Waals surface area contributed by atoms with Crippen LogP contribution in [0.2, 0.25) is 0 Å². The predicted octanol–water partition coefficient (Wildman–Crippen LogP) is 9.37. The zero-order chi connectivity index (χ0) is 30.5. The smallest absolute Gasteiger partial charge is 0.640 e. The molecule has 2 N–H and O–H groups in total. The largest absolute Gasteiger partial charge is 1.00 e. The van der Waals surface area contributed by atoms with Gasteiger partial charge in [0.2, 0.25) is 0 Å². The second-order valence-corrected chi connectivity index (χ2v) is 15.0. The fourth-order valence-electron chi connectivity index (χ4n) is 6.58. The maximum atomic E-state index is 6.35. The summed E-state index contributed by atoms with van der Waals surface area (Å²) in [5.41, 5.74) is 12.3. The van der Waals surface area contributed by atoms with E-state index in [9.17, 15) is 0 Å². The van der Waals surface area contributed by atoms with Crippen LogP contribution in [0.3, 0.4) is 0 Å². The van der Waals surface area contributed by atoms with Gasteiger partial charge in [0, 0.05) is 5.92 Å². The zero-order valence-electron chi connectivity index (χ0n) is 28.3. The van der Waals surface area contributed by atoms with Gasteiger partial charge in [-0.25, -0.2) is 0 Å². The maximum absolute atomic E-state index is 6.35. The third-order valence-corrected chi connectivity index (χ3v) is 12.5. The molecule has 4 heteroatoms. The molecule has 3 aromatic rings. The summed E-state index contributed by atoms with van der Waals surface area (Å²) < 4.78 is 0. The second kappa shape index (κ2) is 24.2. The molecule has 0 heterocycles. The quantitative estimate of drug-likeness (QED) is 0.129. The van der Waals surface area contributed by atoms with Crippen LogP contribution in [0.15, 0.2) is 91.0 Å². The van der Waals surface area contributed by atoms with Crippen molar-refractivity contribution < 1.29 is 29.6 Å². The molecular formula is C40H59N2NaP-. The first-order chi connectivity index (χ1) is 21.2. The molecule has 0 unspecified atom stereocenters. The first-order valence-electron chi connectivity index (χ1n) is 17.3. The summed E-state index contributed by atoms with van der Waals surface area (Å²) in [5.74, 6) is 0.535. The molecule has 5 rings (SSSR count). The molecule has 3 aromatic carbocycles. The van der Waals surface area contributed by atoms with E-state index in [1.807, 2.05) is 6.07 Å². The van der Waals surface area contributed by atoms with Crippen LogP contribution in [0.1, 0.15) is 133 Å². The van der Waals surface area contributed by atoms with Crippen molar-refractivity contribution in [1.29, 1.82) is 0 Å². The Morgan fingerprint density at radius 2 is 1.09 bits per heavy atom. The summed E-state index contributed by atoms with van der Waals surface area (Å²) in [4.78, 5) is 0. The Balaban J connectivity index is 0.000000277. The number of benzene rings is 3. The van der Waals surface area contributed by atoms with Gasteiger partial charge in [0.1, 0.15) is 0 Å². The molecule has 0 amide bonds. The van der Waals surface area contributed by atoms with Crippen LogP contribution in [0, 0.1) is 6.92 Å². The number of nitrogens with two attached hydrogens (primary N) is 1. The van der Waals surface area contributed by atoms with Crippen molar-refractivity contribution in [3.8, 4) is 0 Å².